The first-order valence-electron chi connectivity index (χ1n) is 6.86. The fourth-order valence-electron chi connectivity index (χ4n) is 2.67. The van der Waals surface area contributed by atoms with Crippen LogP contribution in [0.15, 0.2) is 12.7 Å². The van der Waals surface area contributed by atoms with Crippen LogP contribution in [0.25, 0.3) is 0 Å². The highest BCUT2D eigenvalue weighted by atomic mass is 16.4. The Kier molecular flexibility index (Phi) is 5.39. The summed E-state index contributed by atoms with van der Waals surface area (Å²) < 4.78 is 0. The predicted octanol–water partition coefficient (Wildman–Crippen LogP) is 2.33. The molecule has 1 heterocycles. The molecule has 0 radical (unpaired) electrons. The second kappa shape index (κ2) is 6.59. The van der Waals surface area contributed by atoms with Gasteiger partial charge in [-0.3, -0.25) is 0 Å². The number of nitrogens with zero attached hydrogens (tertiary/aromatic N) is 2. The van der Waals surface area contributed by atoms with E-state index < -0.39 is 11.5 Å². The Balaban J connectivity index is 2.74. The van der Waals surface area contributed by atoms with Crippen molar-refractivity contribution in [1.82, 2.24) is 9.80 Å². The first kappa shape index (κ1) is 15.5. The van der Waals surface area contributed by atoms with E-state index in [4.69, 9.17) is 0 Å². The molecule has 0 aliphatic carbocycles. The van der Waals surface area contributed by atoms with Crippen molar-refractivity contribution < 1.29 is 14.7 Å². The summed E-state index contributed by atoms with van der Waals surface area (Å²) in [6.07, 6.45) is 5.29. The molecule has 1 saturated heterocycles. The van der Waals surface area contributed by atoms with Crippen LogP contribution in [0.1, 0.15) is 39.0 Å². The molecule has 1 aliphatic rings. The number of carbonyl (C=O) groups is 2. The molecule has 0 aromatic heterocycles. The molecule has 1 atom stereocenters. The Morgan fingerprint density at radius 3 is 2.74 bits per heavy atom. The van der Waals surface area contributed by atoms with Gasteiger partial charge in [-0.05, 0) is 32.1 Å². The van der Waals surface area contributed by atoms with E-state index in [0.717, 1.165) is 19.3 Å². The zero-order valence-corrected chi connectivity index (χ0v) is 11.9. The second-order valence-electron chi connectivity index (χ2n) is 5.08. The predicted molar refractivity (Wildman–Crippen MR) is 74.1 cm³/mol. The minimum absolute atomic E-state index is 0.175. The largest absolute Gasteiger partial charge is 0.479 e. The Labute approximate surface area is 114 Å². The highest BCUT2D eigenvalue weighted by Crippen LogP contribution is 2.33. The summed E-state index contributed by atoms with van der Waals surface area (Å²) in [6, 6.07) is -0.175. The topological polar surface area (TPSA) is 60.9 Å². The van der Waals surface area contributed by atoms with Crippen LogP contribution in [0, 0.1) is 0 Å². The molecule has 5 heteroatoms. The first-order chi connectivity index (χ1) is 8.99. The van der Waals surface area contributed by atoms with Crippen LogP contribution in [-0.4, -0.2) is 52.6 Å². The Hall–Kier alpha value is -1.52. The van der Waals surface area contributed by atoms with Gasteiger partial charge in [0.05, 0.1) is 0 Å². The molecule has 108 valence electrons. The number of rotatable bonds is 6. The number of carboxylic acids is 1. The van der Waals surface area contributed by atoms with Gasteiger partial charge in [0.2, 0.25) is 0 Å². The van der Waals surface area contributed by atoms with Gasteiger partial charge in [0.15, 0.2) is 0 Å². The Morgan fingerprint density at radius 2 is 2.21 bits per heavy atom. The first-order valence-corrected chi connectivity index (χ1v) is 6.86. The lowest BCUT2D eigenvalue weighted by Gasteiger charge is -2.36. The van der Waals surface area contributed by atoms with E-state index in [1.807, 2.05) is 13.0 Å². The minimum Gasteiger partial charge on any atom is -0.479 e. The monoisotopic (exact) mass is 268 g/mol. The lowest BCUT2D eigenvalue weighted by atomic mass is 9.93. The van der Waals surface area contributed by atoms with E-state index in [1.54, 1.807) is 11.9 Å². The summed E-state index contributed by atoms with van der Waals surface area (Å²) in [5.41, 5.74) is -1.01. The summed E-state index contributed by atoms with van der Waals surface area (Å²) in [4.78, 5) is 27.1. The third-order valence-electron chi connectivity index (χ3n) is 3.93. The van der Waals surface area contributed by atoms with Crippen LogP contribution < -0.4 is 0 Å². The zero-order valence-electron chi connectivity index (χ0n) is 11.9. The van der Waals surface area contributed by atoms with Crippen LogP contribution in [0.5, 0.6) is 0 Å². The third kappa shape index (κ3) is 3.08. The lowest BCUT2D eigenvalue weighted by Crippen LogP contribution is -2.56. The maximum absolute atomic E-state index is 12.4. The minimum atomic E-state index is -1.01. The average Bonchev–Trinajstić information content (AvgIpc) is 2.82. The van der Waals surface area contributed by atoms with Crippen molar-refractivity contribution in [3.63, 3.8) is 0 Å². The van der Waals surface area contributed by atoms with Crippen molar-refractivity contribution in [1.29, 1.82) is 0 Å². The number of amides is 2. The number of aliphatic carboxylic acids is 1. The number of allylic oxidation sites excluding steroid dienone is 1. The van der Waals surface area contributed by atoms with Gasteiger partial charge in [0.1, 0.15) is 5.54 Å². The SMILES string of the molecule is C=CCCCN(C)C(=O)N1CCCC1(CC)C(=O)O. The van der Waals surface area contributed by atoms with Gasteiger partial charge in [0.25, 0.3) is 0 Å². The van der Waals surface area contributed by atoms with Gasteiger partial charge in [-0.25, -0.2) is 9.59 Å². The molecule has 0 spiro atoms. The van der Waals surface area contributed by atoms with Gasteiger partial charge >= 0.3 is 12.0 Å². The van der Waals surface area contributed by atoms with Crippen LogP contribution in [0.2, 0.25) is 0 Å². The molecular formula is C14H24N2O3. The molecule has 1 rings (SSSR count). The highest BCUT2D eigenvalue weighted by molar-refractivity contribution is 5.87. The number of likely N-dealkylation sites (tertiary alicyclic amines) is 1. The molecule has 1 unspecified atom stereocenters. The molecule has 2 amide bonds. The van der Waals surface area contributed by atoms with Crippen molar-refractivity contribution in [2.24, 2.45) is 0 Å². The van der Waals surface area contributed by atoms with E-state index >= 15 is 0 Å². The van der Waals surface area contributed by atoms with Crippen molar-refractivity contribution in [2.45, 2.75) is 44.6 Å². The standard InChI is InChI=1S/C14H24N2O3/c1-4-6-7-10-15(3)13(19)16-11-8-9-14(16,5-2)12(17)18/h4H,1,5-11H2,2-3H3,(H,17,18). The molecular weight excluding hydrogens is 244 g/mol. The fourth-order valence-corrected chi connectivity index (χ4v) is 2.67. The lowest BCUT2D eigenvalue weighted by molar-refractivity contribution is -0.148. The second-order valence-corrected chi connectivity index (χ2v) is 5.08. The Bertz CT molecular complexity index is 357. The fraction of sp³-hybridized carbons (Fsp3) is 0.714. The van der Waals surface area contributed by atoms with Crippen LogP contribution >= 0.6 is 0 Å². The number of carboxylic acid groups (broad SMARTS) is 1. The summed E-state index contributed by atoms with van der Waals surface area (Å²) in [5.74, 6) is -0.889. The van der Waals surface area contributed by atoms with E-state index in [0.29, 0.717) is 25.9 Å². The van der Waals surface area contributed by atoms with Crippen molar-refractivity contribution in [2.75, 3.05) is 20.1 Å². The molecule has 1 N–H and O–H groups in total. The van der Waals surface area contributed by atoms with Crippen molar-refractivity contribution in [3.05, 3.63) is 12.7 Å². The third-order valence-corrected chi connectivity index (χ3v) is 3.93. The summed E-state index contributed by atoms with van der Waals surface area (Å²) in [5, 5.41) is 9.45. The number of hydrogen-bond acceptors (Lipinski definition) is 2. The normalized spacial score (nSPS) is 22.3. The maximum Gasteiger partial charge on any atom is 0.329 e. The Morgan fingerprint density at radius 1 is 1.53 bits per heavy atom. The summed E-state index contributed by atoms with van der Waals surface area (Å²) in [7, 11) is 1.73. The quantitative estimate of drug-likeness (QED) is 0.594. The number of urea groups is 1. The molecule has 0 aromatic rings. The van der Waals surface area contributed by atoms with Gasteiger partial charge in [-0.2, -0.15) is 0 Å². The van der Waals surface area contributed by atoms with Crippen LogP contribution in [0.3, 0.4) is 0 Å². The zero-order chi connectivity index (χ0) is 14.5. The van der Waals surface area contributed by atoms with Gasteiger partial charge in [0, 0.05) is 20.1 Å². The molecule has 19 heavy (non-hydrogen) atoms. The van der Waals surface area contributed by atoms with Crippen molar-refractivity contribution >= 4 is 12.0 Å². The number of carbonyl (C=O) groups excluding carboxylic acids is 1. The molecule has 5 nitrogen and oxygen atoms in total. The van der Waals surface area contributed by atoms with Gasteiger partial charge < -0.3 is 14.9 Å². The van der Waals surface area contributed by atoms with Crippen LogP contribution in [-0.2, 0) is 4.79 Å². The van der Waals surface area contributed by atoms with Crippen LogP contribution in [0.4, 0.5) is 4.79 Å². The number of hydrogen-bond donors (Lipinski definition) is 1. The smallest absolute Gasteiger partial charge is 0.329 e. The van der Waals surface area contributed by atoms with E-state index in [1.165, 1.54) is 4.90 Å². The van der Waals surface area contributed by atoms with Gasteiger partial charge in [-0.1, -0.05) is 13.0 Å². The molecule has 1 aliphatic heterocycles. The number of unbranched alkanes of at least 4 members (excludes halogenated alkanes) is 1. The maximum atomic E-state index is 12.4. The van der Waals surface area contributed by atoms with E-state index in [9.17, 15) is 14.7 Å². The molecule has 0 bridgehead atoms. The summed E-state index contributed by atoms with van der Waals surface area (Å²) in [6.45, 7) is 6.64. The molecule has 0 aromatic carbocycles. The molecule has 1 fully saturated rings. The van der Waals surface area contributed by atoms with Gasteiger partial charge in [-0.15, -0.1) is 6.58 Å². The van der Waals surface area contributed by atoms with E-state index in [-0.39, 0.29) is 6.03 Å². The molecule has 0 saturated carbocycles. The van der Waals surface area contributed by atoms with E-state index in [2.05, 4.69) is 6.58 Å². The van der Waals surface area contributed by atoms with Crippen molar-refractivity contribution in [3.8, 4) is 0 Å². The summed E-state index contributed by atoms with van der Waals surface area (Å²) >= 11 is 0. The average molecular weight is 268 g/mol. The highest BCUT2D eigenvalue weighted by Gasteiger charge is 2.49.